The van der Waals surface area contributed by atoms with Gasteiger partial charge in [0.15, 0.2) is 0 Å². The standard InChI is InChI=1S/C20H17N3O4/c1-27-13-6-7-17-16(9-13)12(10-21-17)8-18-14-4-2-3-5-15(14)20(26)23(22-18)11-19(24)25/h2-7,9-10,21H,8,11H2,1H3,(H,24,25). The average Bonchev–Trinajstić information content (AvgIpc) is 3.07. The maximum Gasteiger partial charge on any atom is 0.325 e. The van der Waals surface area contributed by atoms with Crippen molar-refractivity contribution in [2.24, 2.45) is 0 Å². The molecule has 0 saturated heterocycles. The lowest BCUT2D eigenvalue weighted by Gasteiger charge is -2.09. The lowest BCUT2D eigenvalue weighted by atomic mass is 10.0. The third-order valence-corrected chi connectivity index (χ3v) is 4.56. The first-order chi connectivity index (χ1) is 13.1. The largest absolute Gasteiger partial charge is 0.497 e. The molecule has 27 heavy (non-hydrogen) atoms. The Morgan fingerprint density at radius 1 is 1.19 bits per heavy atom. The lowest BCUT2D eigenvalue weighted by Crippen LogP contribution is -2.28. The van der Waals surface area contributed by atoms with Crippen molar-refractivity contribution in [2.45, 2.75) is 13.0 Å². The molecule has 0 aliphatic carbocycles. The molecule has 0 aliphatic heterocycles. The molecule has 7 nitrogen and oxygen atoms in total. The van der Waals surface area contributed by atoms with Gasteiger partial charge in [-0.3, -0.25) is 9.59 Å². The fraction of sp³-hybridized carbons (Fsp3) is 0.150. The summed E-state index contributed by atoms with van der Waals surface area (Å²) >= 11 is 0. The van der Waals surface area contributed by atoms with Crippen LogP contribution >= 0.6 is 0 Å². The zero-order valence-electron chi connectivity index (χ0n) is 14.6. The number of aromatic nitrogens is 3. The van der Waals surface area contributed by atoms with Crippen LogP contribution in [0.25, 0.3) is 21.7 Å². The summed E-state index contributed by atoms with van der Waals surface area (Å²) < 4.78 is 6.31. The van der Waals surface area contributed by atoms with E-state index in [2.05, 4.69) is 10.1 Å². The van der Waals surface area contributed by atoms with E-state index in [4.69, 9.17) is 9.84 Å². The Morgan fingerprint density at radius 2 is 1.96 bits per heavy atom. The molecular weight excluding hydrogens is 346 g/mol. The first-order valence-corrected chi connectivity index (χ1v) is 8.41. The van der Waals surface area contributed by atoms with Crippen LogP contribution in [0.4, 0.5) is 0 Å². The first-order valence-electron chi connectivity index (χ1n) is 8.41. The number of methoxy groups -OCH3 is 1. The number of nitrogens with zero attached hydrogens (tertiary/aromatic N) is 2. The summed E-state index contributed by atoms with van der Waals surface area (Å²) in [6, 6.07) is 12.9. The van der Waals surface area contributed by atoms with E-state index in [0.29, 0.717) is 17.5 Å². The van der Waals surface area contributed by atoms with E-state index in [1.807, 2.05) is 36.5 Å². The molecule has 0 bridgehead atoms. The van der Waals surface area contributed by atoms with Gasteiger partial charge in [-0.05, 0) is 29.8 Å². The number of rotatable bonds is 5. The van der Waals surface area contributed by atoms with E-state index in [-0.39, 0.29) is 0 Å². The van der Waals surface area contributed by atoms with Crippen LogP contribution in [0.5, 0.6) is 5.75 Å². The predicted octanol–water partition coefficient (Wildman–Crippen LogP) is 2.56. The highest BCUT2D eigenvalue weighted by atomic mass is 16.5. The number of aromatic amines is 1. The van der Waals surface area contributed by atoms with Crippen LogP contribution in [0.2, 0.25) is 0 Å². The number of carbonyl (C=O) groups is 1. The summed E-state index contributed by atoms with van der Waals surface area (Å²) in [4.78, 5) is 26.9. The third kappa shape index (κ3) is 3.03. The van der Waals surface area contributed by atoms with Crippen molar-refractivity contribution in [2.75, 3.05) is 7.11 Å². The predicted molar refractivity (Wildman–Crippen MR) is 101 cm³/mol. The molecule has 2 N–H and O–H groups in total. The van der Waals surface area contributed by atoms with Crippen molar-refractivity contribution in [3.8, 4) is 5.75 Å². The van der Waals surface area contributed by atoms with Gasteiger partial charge in [0, 0.05) is 28.9 Å². The van der Waals surface area contributed by atoms with Crippen molar-refractivity contribution < 1.29 is 14.6 Å². The molecule has 0 aliphatic rings. The summed E-state index contributed by atoms with van der Waals surface area (Å²) in [5.74, 6) is -0.361. The number of carboxylic acid groups (broad SMARTS) is 1. The van der Waals surface area contributed by atoms with Crippen LogP contribution in [0.3, 0.4) is 0 Å². The van der Waals surface area contributed by atoms with Crippen LogP contribution in [0.15, 0.2) is 53.5 Å². The molecule has 0 radical (unpaired) electrons. The van der Waals surface area contributed by atoms with Crippen LogP contribution < -0.4 is 10.3 Å². The molecule has 0 spiro atoms. The van der Waals surface area contributed by atoms with E-state index >= 15 is 0 Å². The third-order valence-electron chi connectivity index (χ3n) is 4.56. The lowest BCUT2D eigenvalue weighted by molar-refractivity contribution is -0.138. The minimum Gasteiger partial charge on any atom is -0.497 e. The van der Waals surface area contributed by atoms with Crippen LogP contribution in [-0.4, -0.2) is 33.0 Å². The molecule has 0 unspecified atom stereocenters. The fourth-order valence-electron chi connectivity index (χ4n) is 3.28. The topological polar surface area (TPSA) is 97.2 Å². The van der Waals surface area contributed by atoms with Crippen molar-refractivity contribution >= 4 is 27.6 Å². The fourth-order valence-corrected chi connectivity index (χ4v) is 3.28. The molecule has 0 amide bonds. The van der Waals surface area contributed by atoms with Gasteiger partial charge >= 0.3 is 5.97 Å². The Bertz CT molecular complexity index is 1220. The van der Waals surface area contributed by atoms with Gasteiger partial charge in [0.2, 0.25) is 0 Å². The van der Waals surface area contributed by atoms with Gasteiger partial charge < -0.3 is 14.8 Å². The Hall–Kier alpha value is -3.61. The smallest absolute Gasteiger partial charge is 0.325 e. The van der Waals surface area contributed by atoms with Gasteiger partial charge in [0.05, 0.1) is 18.2 Å². The summed E-state index contributed by atoms with van der Waals surface area (Å²) in [6.45, 7) is -0.474. The van der Waals surface area contributed by atoms with E-state index in [1.165, 1.54) is 0 Å². The highest BCUT2D eigenvalue weighted by Crippen LogP contribution is 2.26. The number of carboxylic acids is 1. The number of hydrogen-bond acceptors (Lipinski definition) is 4. The van der Waals surface area contributed by atoms with Crippen LogP contribution in [0, 0.1) is 0 Å². The monoisotopic (exact) mass is 363 g/mol. The summed E-state index contributed by atoms with van der Waals surface area (Å²) in [5.41, 5.74) is 2.20. The number of aliphatic carboxylic acids is 1. The number of ether oxygens (including phenoxy) is 1. The molecule has 4 rings (SSSR count). The molecule has 0 fully saturated rings. The molecule has 2 aromatic heterocycles. The molecule has 2 heterocycles. The number of fused-ring (bicyclic) bond motifs is 2. The Morgan fingerprint density at radius 3 is 2.70 bits per heavy atom. The zero-order valence-corrected chi connectivity index (χ0v) is 14.6. The maximum absolute atomic E-state index is 12.5. The average molecular weight is 363 g/mol. The highest BCUT2D eigenvalue weighted by molar-refractivity contribution is 5.87. The second kappa shape index (κ2) is 6.60. The number of nitrogens with one attached hydrogen (secondary N) is 1. The van der Waals surface area contributed by atoms with Gasteiger partial charge in [-0.1, -0.05) is 18.2 Å². The number of benzene rings is 2. The molecule has 2 aromatic carbocycles. The maximum atomic E-state index is 12.5. The zero-order chi connectivity index (χ0) is 19.0. The molecule has 7 heteroatoms. The van der Waals surface area contributed by atoms with Crippen LogP contribution in [-0.2, 0) is 17.8 Å². The molecule has 4 aromatic rings. The first kappa shape index (κ1) is 16.8. The molecular formula is C20H17N3O4. The highest BCUT2D eigenvalue weighted by Gasteiger charge is 2.14. The van der Waals surface area contributed by atoms with Gasteiger partial charge in [0.25, 0.3) is 5.56 Å². The summed E-state index contributed by atoms with van der Waals surface area (Å²) in [7, 11) is 1.62. The van der Waals surface area contributed by atoms with Gasteiger partial charge in [-0.15, -0.1) is 0 Å². The van der Waals surface area contributed by atoms with Crippen molar-refractivity contribution in [3.63, 3.8) is 0 Å². The summed E-state index contributed by atoms with van der Waals surface area (Å²) in [5, 5.41) is 15.6. The second-order valence-corrected chi connectivity index (χ2v) is 6.25. The van der Waals surface area contributed by atoms with E-state index in [1.54, 1.807) is 19.2 Å². The van der Waals surface area contributed by atoms with Crippen molar-refractivity contribution in [3.05, 3.63) is 70.3 Å². The van der Waals surface area contributed by atoms with E-state index < -0.39 is 18.1 Å². The molecule has 0 atom stereocenters. The molecule has 136 valence electrons. The van der Waals surface area contributed by atoms with E-state index in [0.717, 1.165) is 32.3 Å². The Kier molecular flexibility index (Phi) is 4.12. The van der Waals surface area contributed by atoms with Crippen LogP contribution in [0.1, 0.15) is 11.3 Å². The molecule has 0 saturated carbocycles. The summed E-state index contributed by atoms with van der Waals surface area (Å²) in [6.07, 6.45) is 2.35. The van der Waals surface area contributed by atoms with Gasteiger partial charge in [-0.25, -0.2) is 4.68 Å². The van der Waals surface area contributed by atoms with Gasteiger partial charge in [-0.2, -0.15) is 5.10 Å². The van der Waals surface area contributed by atoms with Crippen molar-refractivity contribution in [1.82, 2.24) is 14.8 Å². The normalized spacial score (nSPS) is 11.1. The minimum absolute atomic E-state index is 0.405. The number of hydrogen-bond donors (Lipinski definition) is 2. The van der Waals surface area contributed by atoms with E-state index in [9.17, 15) is 9.59 Å². The number of H-pyrrole nitrogens is 1. The Labute approximate surface area is 153 Å². The second-order valence-electron chi connectivity index (χ2n) is 6.25. The quantitative estimate of drug-likeness (QED) is 0.568. The van der Waals surface area contributed by atoms with Gasteiger partial charge in [0.1, 0.15) is 12.3 Å². The minimum atomic E-state index is -1.11. The SMILES string of the molecule is COc1ccc2[nH]cc(Cc3nn(CC(=O)O)c(=O)c4ccccc34)c2c1. The van der Waals surface area contributed by atoms with Crippen molar-refractivity contribution in [1.29, 1.82) is 0 Å². The Balaban J connectivity index is 1.88.